The summed E-state index contributed by atoms with van der Waals surface area (Å²) in [6.45, 7) is 0.305. The maximum Gasteiger partial charge on any atom is 0.243 e. The first-order chi connectivity index (χ1) is 7.65. The van der Waals surface area contributed by atoms with Crippen molar-refractivity contribution in [1.82, 2.24) is 14.7 Å². The van der Waals surface area contributed by atoms with E-state index in [9.17, 15) is 4.79 Å². The molecule has 1 N–H and O–H groups in total. The molecule has 5 heteroatoms. The molecule has 1 aromatic heterocycles. The molecule has 0 aromatic carbocycles. The van der Waals surface area contributed by atoms with Gasteiger partial charge in [0.2, 0.25) is 5.91 Å². The average molecular weight is 222 g/mol. The molecule has 0 atom stereocenters. The van der Waals surface area contributed by atoms with E-state index < -0.39 is 0 Å². The van der Waals surface area contributed by atoms with Crippen LogP contribution in [0.3, 0.4) is 0 Å². The lowest BCUT2D eigenvalue weighted by molar-refractivity contribution is -0.129. The second kappa shape index (κ2) is 4.55. The largest absolute Gasteiger partial charge is 0.380 e. The van der Waals surface area contributed by atoms with Gasteiger partial charge in [0, 0.05) is 26.3 Å². The lowest BCUT2D eigenvalue weighted by Crippen LogP contribution is -2.27. The first kappa shape index (κ1) is 11.0. The zero-order chi connectivity index (χ0) is 11.5. The normalized spacial score (nSPS) is 15.6. The van der Waals surface area contributed by atoms with E-state index >= 15 is 0 Å². The third-order valence-electron chi connectivity index (χ3n) is 2.91. The highest BCUT2D eigenvalue weighted by atomic mass is 16.2. The van der Waals surface area contributed by atoms with Crippen molar-refractivity contribution in [3.63, 3.8) is 0 Å². The van der Waals surface area contributed by atoms with Gasteiger partial charge in [0.05, 0.1) is 11.9 Å². The standard InChI is InChI=1S/C11H18N4O/c1-14(2)11(16)8-15-7-10(6-12-15)13-9-4-3-5-9/h6-7,9,13H,3-5,8H2,1-2H3. The van der Waals surface area contributed by atoms with Crippen LogP contribution >= 0.6 is 0 Å². The molecular weight excluding hydrogens is 204 g/mol. The molecule has 16 heavy (non-hydrogen) atoms. The van der Waals surface area contributed by atoms with Gasteiger partial charge in [-0.3, -0.25) is 9.48 Å². The van der Waals surface area contributed by atoms with Crippen LogP contribution in [-0.4, -0.2) is 40.7 Å². The second-order valence-corrected chi connectivity index (χ2v) is 4.49. The lowest BCUT2D eigenvalue weighted by atomic mass is 9.93. The van der Waals surface area contributed by atoms with Crippen molar-refractivity contribution >= 4 is 11.6 Å². The molecule has 1 fully saturated rings. The van der Waals surface area contributed by atoms with Crippen molar-refractivity contribution in [2.75, 3.05) is 19.4 Å². The first-order valence-corrected chi connectivity index (χ1v) is 5.64. The zero-order valence-corrected chi connectivity index (χ0v) is 9.81. The zero-order valence-electron chi connectivity index (χ0n) is 9.81. The van der Waals surface area contributed by atoms with Gasteiger partial charge in [-0.05, 0) is 19.3 Å². The van der Waals surface area contributed by atoms with E-state index in [0.29, 0.717) is 12.6 Å². The Morgan fingerprint density at radius 2 is 2.38 bits per heavy atom. The number of carbonyl (C=O) groups excluding carboxylic acids is 1. The minimum atomic E-state index is 0.0540. The van der Waals surface area contributed by atoms with Gasteiger partial charge in [0.15, 0.2) is 0 Å². The van der Waals surface area contributed by atoms with Crippen molar-refractivity contribution < 1.29 is 4.79 Å². The number of aromatic nitrogens is 2. The molecule has 0 bridgehead atoms. The summed E-state index contributed by atoms with van der Waals surface area (Å²) >= 11 is 0. The minimum absolute atomic E-state index is 0.0540. The summed E-state index contributed by atoms with van der Waals surface area (Å²) in [5.74, 6) is 0.0540. The molecule has 5 nitrogen and oxygen atoms in total. The van der Waals surface area contributed by atoms with Crippen molar-refractivity contribution in [2.24, 2.45) is 0 Å². The Hall–Kier alpha value is -1.52. The second-order valence-electron chi connectivity index (χ2n) is 4.49. The van der Waals surface area contributed by atoms with Crippen molar-refractivity contribution in [3.8, 4) is 0 Å². The van der Waals surface area contributed by atoms with Gasteiger partial charge in [0.1, 0.15) is 6.54 Å². The fraction of sp³-hybridized carbons (Fsp3) is 0.636. The number of hydrogen-bond donors (Lipinski definition) is 1. The summed E-state index contributed by atoms with van der Waals surface area (Å²) in [4.78, 5) is 13.0. The average Bonchev–Trinajstić information content (AvgIpc) is 2.59. The Bertz CT molecular complexity index is 368. The molecule has 1 aliphatic rings. The van der Waals surface area contributed by atoms with Gasteiger partial charge in [0.25, 0.3) is 0 Å². The number of amides is 1. The molecular formula is C11H18N4O. The third kappa shape index (κ3) is 2.53. The fourth-order valence-electron chi connectivity index (χ4n) is 1.59. The van der Waals surface area contributed by atoms with Crippen LogP contribution in [0.25, 0.3) is 0 Å². The van der Waals surface area contributed by atoms with E-state index in [-0.39, 0.29) is 5.91 Å². The highest BCUT2D eigenvalue weighted by molar-refractivity contribution is 5.75. The Balaban J connectivity index is 1.88. The van der Waals surface area contributed by atoms with E-state index in [1.54, 1.807) is 29.9 Å². The van der Waals surface area contributed by atoms with Crippen LogP contribution in [0.4, 0.5) is 5.69 Å². The number of nitrogens with zero attached hydrogens (tertiary/aromatic N) is 3. The SMILES string of the molecule is CN(C)C(=O)Cn1cc(NC2CCC2)cn1. The van der Waals surface area contributed by atoms with E-state index in [1.807, 2.05) is 6.20 Å². The third-order valence-corrected chi connectivity index (χ3v) is 2.91. The van der Waals surface area contributed by atoms with E-state index in [0.717, 1.165) is 5.69 Å². The molecule has 1 aromatic rings. The highest BCUT2D eigenvalue weighted by Gasteiger charge is 2.17. The molecule has 2 rings (SSSR count). The molecule has 0 unspecified atom stereocenters. The van der Waals surface area contributed by atoms with Crippen molar-refractivity contribution in [3.05, 3.63) is 12.4 Å². The molecule has 1 aliphatic carbocycles. The van der Waals surface area contributed by atoms with Gasteiger partial charge in [-0.25, -0.2) is 0 Å². The summed E-state index contributed by atoms with van der Waals surface area (Å²) < 4.78 is 1.67. The minimum Gasteiger partial charge on any atom is -0.380 e. The Labute approximate surface area is 95.4 Å². The maximum atomic E-state index is 11.5. The summed E-state index contributed by atoms with van der Waals surface area (Å²) in [6.07, 6.45) is 7.45. The van der Waals surface area contributed by atoms with Crippen LogP contribution in [0.15, 0.2) is 12.4 Å². The van der Waals surface area contributed by atoms with E-state index in [4.69, 9.17) is 0 Å². The smallest absolute Gasteiger partial charge is 0.243 e. The highest BCUT2D eigenvalue weighted by Crippen LogP contribution is 2.22. The molecule has 1 saturated carbocycles. The van der Waals surface area contributed by atoms with Crippen LogP contribution in [0.2, 0.25) is 0 Å². The summed E-state index contributed by atoms with van der Waals surface area (Å²) in [5, 5.41) is 7.55. The maximum absolute atomic E-state index is 11.5. The molecule has 0 radical (unpaired) electrons. The molecule has 0 spiro atoms. The molecule has 88 valence electrons. The van der Waals surface area contributed by atoms with Crippen molar-refractivity contribution in [2.45, 2.75) is 31.8 Å². The first-order valence-electron chi connectivity index (χ1n) is 5.64. The lowest BCUT2D eigenvalue weighted by Gasteiger charge is -2.26. The Kier molecular flexibility index (Phi) is 3.12. The van der Waals surface area contributed by atoms with Crippen LogP contribution in [0.5, 0.6) is 0 Å². The number of likely N-dealkylation sites (N-methyl/N-ethyl adjacent to an activating group) is 1. The molecule has 0 saturated heterocycles. The summed E-state index contributed by atoms with van der Waals surface area (Å²) in [5.41, 5.74) is 1.01. The quantitative estimate of drug-likeness (QED) is 0.824. The summed E-state index contributed by atoms with van der Waals surface area (Å²) in [6, 6.07) is 0.599. The monoisotopic (exact) mass is 222 g/mol. The van der Waals surface area contributed by atoms with Gasteiger partial charge in [-0.1, -0.05) is 0 Å². The van der Waals surface area contributed by atoms with Gasteiger partial charge in [-0.2, -0.15) is 5.10 Å². The van der Waals surface area contributed by atoms with Gasteiger partial charge >= 0.3 is 0 Å². The van der Waals surface area contributed by atoms with E-state index in [1.165, 1.54) is 19.3 Å². The molecule has 1 heterocycles. The predicted octanol–water partition coefficient (Wildman–Crippen LogP) is 0.936. The predicted molar refractivity (Wildman–Crippen MR) is 62.2 cm³/mol. The van der Waals surface area contributed by atoms with Crippen LogP contribution in [0, 0.1) is 0 Å². The van der Waals surface area contributed by atoms with Crippen LogP contribution in [-0.2, 0) is 11.3 Å². The number of rotatable bonds is 4. The van der Waals surface area contributed by atoms with Gasteiger partial charge in [-0.15, -0.1) is 0 Å². The number of nitrogens with one attached hydrogen (secondary N) is 1. The van der Waals surface area contributed by atoms with Gasteiger partial charge < -0.3 is 10.2 Å². The molecule has 1 amide bonds. The molecule has 0 aliphatic heterocycles. The van der Waals surface area contributed by atoms with Crippen LogP contribution < -0.4 is 5.32 Å². The van der Waals surface area contributed by atoms with Crippen LogP contribution in [0.1, 0.15) is 19.3 Å². The number of carbonyl (C=O) groups is 1. The topological polar surface area (TPSA) is 50.2 Å². The number of anilines is 1. The number of hydrogen-bond acceptors (Lipinski definition) is 3. The summed E-state index contributed by atoms with van der Waals surface area (Å²) in [7, 11) is 3.50. The van der Waals surface area contributed by atoms with E-state index in [2.05, 4.69) is 10.4 Å². The van der Waals surface area contributed by atoms with Crippen molar-refractivity contribution in [1.29, 1.82) is 0 Å². The fourth-order valence-corrected chi connectivity index (χ4v) is 1.59. The Morgan fingerprint density at radius 3 is 2.94 bits per heavy atom. The Morgan fingerprint density at radius 1 is 1.62 bits per heavy atom.